The second kappa shape index (κ2) is 7.61. The molecule has 1 aromatic heterocycles. The van der Waals surface area contributed by atoms with Crippen LogP contribution in [0, 0.1) is 13.8 Å². The van der Waals surface area contributed by atoms with Crippen LogP contribution in [0.5, 0.6) is 0 Å². The summed E-state index contributed by atoms with van der Waals surface area (Å²) in [5.41, 5.74) is 5.65. The Morgan fingerprint density at radius 1 is 0.958 bits per heavy atom. The molecule has 0 saturated carbocycles. The maximum Gasteiger partial charge on any atom is 0.229 e. The van der Waals surface area contributed by atoms with Crippen molar-refractivity contribution in [3.05, 3.63) is 76.2 Å². The molecule has 6 heteroatoms. The molecule has 2 aromatic carbocycles. The number of anilines is 1. The van der Waals surface area contributed by atoms with Gasteiger partial charge in [-0.2, -0.15) is 5.10 Å². The SMILES string of the molecule is Cc1nc(/C(N=Nc2ccccc2)=N\Nc2ccccc2)sc1C. The van der Waals surface area contributed by atoms with Crippen molar-refractivity contribution in [3.8, 4) is 0 Å². The lowest BCUT2D eigenvalue weighted by Gasteiger charge is -2.00. The minimum Gasteiger partial charge on any atom is -0.276 e. The van der Waals surface area contributed by atoms with Crippen molar-refractivity contribution in [1.82, 2.24) is 4.98 Å². The first kappa shape index (κ1) is 16.0. The minimum absolute atomic E-state index is 0.462. The fourth-order valence-corrected chi connectivity index (χ4v) is 2.75. The van der Waals surface area contributed by atoms with Gasteiger partial charge in [0.1, 0.15) is 0 Å². The molecule has 0 saturated heterocycles. The summed E-state index contributed by atoms with van der Waals surface area (Å²) in [6, 6.07) is 19.3. The van der Waals surface area contributed by atoms with Gasteiger partial charge in [-0.15, -0.1) is 21.6 Å². The quantitative estimate of drug-likeness (QED) is 0.304. The highest BCUT2D eigenvalue weighted by atomic mass is 32.1. The van der Waals surface area contributed by atoms with Crippen molar-refractivity contribution in [3.63, 3.8) is 0 Å². The molecule has 1 N–H and O–H groups in total. The highest BCUT2D eigenvalue weighted by Crippen LogP contribution is 2.19. The summed E-state index contributed by atoms with van der Waals surface area (Å²) >= 11 is 1.56. The third kappa shape index (κ3) is 4.11. The molecule has 0 aliphatic carbocycles. The van der Waals surface area contributed by atoms with Crippen LogP contribution in [0.2, 0.25) is 0 Å². The van der Waals surface area contributed by atoms with Gasteiger partial charge < -0.3 is 0 Å². The zero-order chi connectivity index (χ0) is 16.8. The third-order valence-corrected chi connectivity index (χ3v) is 4.37. The molecule has 0 atom stereocenters. The Hall–Kier alpha value is -2.86. The molecule has 0 radical (unpaired) electrons. The summed E-state index contributed by atoms with van der Waals surface area (Å²) < 4.78 is 0. The molecule has 0 aliphatic rings. The van der Waals surface area contributed by atoms with E-state index in [9.17, 15) is 0 Å². The largest absolute Gasteiger partial charge is 0.276 e. The monoisotopic (exact) mass is 335 g/mol. The van der Waals surface area contributed by atoms with Gasteiger partial charge in [0.05, 0.1) is 17.1 Å². The Morgan fingerprint density at radius 3 is 2.25 bits per heavy atom. The molecule has 120 valence electrons. The summed E-state index contributed by atoms with van der Waals surface area (Å²) in [5.74, 6) is 0.462. The van der Waals surface area contributed by atoms with Gasteiger partial charge in [-0.3, -0.25) is 5.43 Å². The Balaban J connectivity index is 1.90. The zero-order valence-corrected chi connectivity index (χ0v) is 14.3. The first-order valence-corrected chi connectivity index (χ1v) is 8.34. The standard InChI is InChI=1S/C18H17N5S/c1-13-14(2)24-18(19-13)17(22-20-15-9-5-3-6-10-15)23-21-16-11-7-4-8-12-16/h3-12,20H,1-2H3/b22-17+,23-21?. The lowest BCUT2D eigenvalue weighted by atomic mass is 10.3. The fourth-order valence-electron chi connectivity index (χ4n) is 1.91. The topological polar surface area (TPSA) is 62.0 Å². The Bertz CT molecular complexity index is 834. The van der Waals surface area contributed by atoms with Crippen LogP contribution in [0.15, 0.2) is 76.0 Å². The van der Waals surface area contributed by atoms with Gasteiger partial charge in [0.15, 0.2) is 5.01 Å². The molecular weight excluding hydrogens is 318 g/mol. The molecule has 0 amide bonds. The third-order valence-electron chi connectivity index (χ3n) is 3.30. The van der Waals surface area contributed by atoms with Gasteiger partial charge in [0.2, 0.25) is 5.84 Å². The van der Waals surface area contributed by atoms with Crippen LogP contribution >= 0.6 is 11.3 Å². The molecule has 5 nitrogen and oxygen atoms in total. The predicted octanol–water partition coefficient (Wildman–Crippen LogP) is 5.32. The maximum atomic E-state index is 4.53. The van der Waals surface area contributed by atoms with Crippen LogP contribution in [-0.4, -0.2) is 10.8 Å². The second-order valence-electron chi connectivity index (χ2n) is 5.11. The Labute approximate surface area is 144 Å². The van der Waals surface area contributed by atoms with Crippen LogP contribution in [0.1, 0.15) is 15.6 Å². The number of aryl methyl sites for hydroxylation is 2. The van der Waals surface area contributed by atoms with E-state index in [2.05, 4.69) is 25.7 Å². The molecule has 0 spiro atoms. The van der Waals surface area contributed by atoms with Gasteiger partial charge in [-0.1, -0.05) is 36.4 Å². The van der Waals surface area contributed by atoms with Crippen molar-refractivity contribution in [1.29, 1.82) is 0 Å². The summed E-state index contributed by atoms with van der Waals surface area (Å²) in [6.07, 6.45) is 0. The molecule has 0 bridgehead atoms. The van der Waals surface area contributed by atoms with Gasteiger partial charge >= 0.3 is 0 Å². The molecule has 0 aliphatic heterocycles. The zero-order valence-electron chi connectivity index (χ0n) is 13.5. The van der Waals surface area contributed by atoms with E-state index < -0.39 is 0 Å². The number of nitrogens with zero attached hydrogens (tertiary/aromatic N) is 4. The van der Waals surface area contributed by atoms with Crippen LogP contribution in [-0.2, 0) is 0 Å². The number of thiazole rings is 1. The van der Waals surface area contributed by atoms with Crippen molar-refractivity contribution in [2.75, 3.05) is 5.43 Å². The molecule has 3 aromatic rings. The van der Waals surface area contributed by atoms with Crippen molar-refractivity contribution >= 4 is 28.5 Å². The van der Waals surface area contributed by atoms with E-state index in [1.54, 1.807) is 11.3 Å². The number of benzene rings is 2. The van der Waals surface area contributed by atoms with Crippen LogP contribution in [0.3, 0.4) is 0 Å². The van der Waals surface area contributed by atoms with Gasteiger partial charge in [0, 0.05) is 4.88 Å². The average Bonchev–Trinajstić information content (AvgIpc) is 2.95. The van der Waals surface area contributed by atoms with E-state index in [-0.39, 0.29) is 0 Å². The van der Waals surface area contributed by atoms with Crippen molar-refractivity contribution < 1.29 is 0 Å². The molecule has 24 heavy (non-hydrogen) atoms. The fraction of sp³-hybridized carbons (Fsp3) is 0.111. The number of amidine groups is 1. The summed E-state index contributed by atoms with van der Waals surface area (Å²) in [5, 5.41) is 13.7. The Morgan fingerprint density at radius 2 is 1.62 bits per heavy atom. The highest BCUT2D eigenvalue weighted by molar-refractivity contribution is 7.13. The maximum absolute atomic E-state index is 4.53. The van der Waals surface area contributed by atoms with E-state index in [4.69, 9.17) is 0 Å². The lowest BCUT2D eigenvalue weighted by molar-refractivity contribution is 1.18. The van der Waals surface area contributed by atoms with Gasteiger partial charge in [-0.25, -0.2) is 4.98 Å². The Kier molecular flexibility index (Phi) is 5.08. The smallest absolute Gasteiger partial charge is 0.229 e. The molecular formula is C18H17N5S. The number of azo groups is 1. The lowest BCUT2D eigenvalue weighted by Crippen LogP contribution is -2.00. The van der Waals surface area contributed by atoms with Crippen LogP contribution in [0.25, 0.3) is 0 Å². The number of nitrogens with one attached hydrogen (secondary N) is 1. The van der Waals surface area contributed by atoms with E-state index in [1.807, 2.05) is 74.5 Å². The summed E-state index contributed by atoms with van der Waals surface area (Å²) in [4.78, 5) is 5.67. The number of hydrogen-bond donors (Lipinski definition) is 1. The number of para-hydroxylation sites is 1. The molecule has 1 heterocycles. The predicted molar refractivity (Wildman–Crippen MR) is 99.1 cm³/mol. The molecule has 0 unspecified atom stereocenters. The van der Waals surface area contributed by atoms with E-state index >= 15 is 0 Å². The number of hydrazone groups is 1. The van der Waals surface area contributed by atoms with Crippen LogP contribution in [0.4, 0.5) is 11.4 Å². The van der Waals surface area contributed by atoms with Gasteiger partial charge in [0.25, 0.3) is 0 Å². The molecule has 3 rings (SSSR count). The number of aromatic nitrogens is 1. The summed E-state index contributed by atoms with van der Waals surface area (Å²) in [7, 11) is 0. The highest BCUT2D eigenvalue weighted by Gasteiger charge is 2.11. The van der Waals surface area contributed by atoms with Gasteiger partial charge in [-0.05, 0) is 38.1 Å². The van der Waals surface area contributed by atoms with E-state index in [1.165, 1.54) is 0 Å². The van der Waals surface area contributed by atoms with Crippen molar-refractivity contribution in [2.24, 2.45) is 15.3 Å². The average molecular weight is 335 g/mol. The minimum atomic E-state index is 0.462. The molecule has 0 fully saturated rings. The van der Waals surface area contributed by atoms with Crippen molar-refractivity contribution in [2.45, 2.75) is 13.8 Å². The normalized spacial score (nSPS) is 11.8. The van der Waals surface area contributed by atoms with E-state index in [0.29, 0.717) is 5.84 Å². The van der Waals surface area contributed by atoms with Crippen LogP contribution < -0.4 is 5.43 Å². The second-order valence-corrected chi connectivity index (χ2v) is 6.31. The number of hydrogen-bond acceptors (Lipinski definition) is 5. The first-order chi connectivity index (χ1) is 11.7. The first-order valence-electron chi connectivity index (χ1n) is 7.52. The summed E-state index contributed by atoms with van der Waals surface area (Å²) in [6.45, 7) is 4.01. The number of rotatable bonds is 4. The van der Waals surface area contributed by atoms with E-state index in [0.717, 1.165) is 27.0 Å².